The van der Waals surface area contributed by atoms with Crippen LogP contribution in [0.5, 0.6) is 0 Å². The van der Waals surface area contributed by atoms with Gasteiger partial charge >= 0.3 is 5.97 Å². The Morgan fingerprint density at radius 3 is 1.74 bits per heavy atom. The van der Waals surface area contributed by atoms with Gasteiger partial charge in [0.05, 0.1) is 28.3 Å². The fourth-order valence-corrected chi connectivity index (χ4v) is 6.41. The van der Waals surface area contributed by atoms with E-state index in [0.717, 1.165) is 4.90 Å². The number of rotatable bonds is 3. The molecular formula is C12H7Cl6NO4. The highest BCUT2D eigenvalue weighted by atomic mass is 35.5. The number of carboxylic acids is 1. The SMILES string of the molecule is O=C(O)CCN1C(=O)[C@@H]2[C@H](C1=O)[C@@]1(Cl)C(Cl)=C(Cl)[C@@]2(Cl)C1(Cl)Cl. The number of nitrogens with zero attached hydrogens (tertiary/aromatic N) is 1. The van der Waals surface area contributed by atoms with Crippen molar-refractivity contribution in [3.05, 3.63) is 10.1 Å². The Labute approximate surface area is 160 Å². The first-order valence-electron chi connectivity index (χ1n) is 6.32. The molecule has 0 aromatic carbocycles. The van der Waals surface area contributed by atoms with Crippen LogP contribution in [0.15, 0.2) is 10.1 Å². The number of alkyl halides is 4. The van der Waals surface area contributed by atoms with Gasteiger partial charge in [-0.05, 0) is 0 Å². The molecule has 0 aromatic heterocycles. The van der Waals surface area contributed by atoms with Crippen molar-refractivity contribution in [2.75, 3.05) is 6.54 Å². The van der Waals surface area contributed by atoms with Crippen molar-refractivity contribution >= 4 is 87.4 Å². The van der Waals surface area contributed by atoms with E-state index < -0.39 is 50.1 Å². The molecule has 1 saturated carbocycles. The monoisotopic (exact) mass is 439 g/mol. The average molecular weight is 442 g/mol. The summed E-state index contributed by atoms with van der Waals surface area (Å²) in [5.74, 6) is -5.02. The summed E-state index contributed by atoms with van der Waals surface area (Å²) in [5, 5.41) is 8.39. The van der Waals surface area contributed by atoms with E-state index in [1.165, 1.54) is 0 Å². The second-order valence-corrected chi connectivity index (χ2v) is 8.83. The van der Waals surface area contributed by atoms with E-state index in [0.29, 0.717) is 0 Å². The molecule has 126 valence electrons. The van der Waals surface area contributed by atoms with Gasteiger partial charge in [0.25, 0.3) is 0 Å². The Kier molecular flexibility index (Phi) is 3.93. The number of carboxylic acid groups (broad SMARTS) is 1. The van der Waals surface area contributed by atoms with Crippen molar-refractivity contribution in [3.63, 3.8) is 0 Å². The molecule has 2 amide bonds. The summed E-state index contributed by atoms with van der Waals surface area (Å²) in [4.78, 5) is 33.0. The zero-order valence-electron chi connectivity index (χ0n) is 11.0. The minimum Gasteiger partial charge on any atom is -0.481 e. The first kappa shape index (κ1) is 17.9. The molecular weight excluding hydrogens is 435 g/mol. The van der Waals surface area contributed by atoms with Gasteiger partial charge in [0, 0.05) is 6.54 Å². The summed E-state index contributed by atoms with van der Waals surface area (Å²) in [6.07, 6.45) is -0.413. The maximum Gasteiger partial charge on any atom is 0.305 e. The topological polar surface area (TPSA) is 74.7 Å². The van der Waals surface area contributed by atoms with Crippen molar-refractivity contribution < 1.29 is 19.5 Å². The third-order valence-electron chi connectivity index (χ3n) is 4.55. The number of carbonyl (C=O) groups excluding carboxylic acids is 2. The molecule has 3 aliphatic rings. The van der Waals surface area contributed by atoms with Crippen LogP contribution in [0.3, 0.4) is 0 Å². The van der Waals surface area contributed by atoms with Crippen LogP contribution in [0.2, 0.25) is 0 Å². The molecule has 2 aliphatic carbocycles. The maximum atomic E-state index is 12.6. The number of carbonyl (C=O) groups is 3. The number of amides is 2. The van der Waals surface area contributed by atoms with E-state index in [1.54, 1.807) is 0 Å². The highest BCUT2D eigenvalue weighted by molar-refractivity contribution is 6.66. The van der Waals surface area contributed by atoms with Crippen molar-refractivity contribution in [3.8, 4) is 0 Å². The molecule has 11 heteroatoms. The minimum absolute atomic E-state index is 0.177. The van der Waals surface area contributed by atoms with Crippen LogP contribution in [0.1, 0.15) is 6.42 Å². The molecule has 3 rings (SSSR count). The number of hydrogen-bond donors (Lipinski definition) is 1. The summed E-state index contributed by atoms with van der Waals surface area (Å²) < 4.78 is -1.98. The van der Waals surface area contributed by atoms with Crippen molar-refractivity contribution in [2.24, 2.45) is 11.8 Å². The number of hydrogen-bond acceptors (Lipinski definition) is 3. The van der Waals surface area contributed by atoms with Crippen LogP contribution in [0.25, 0.3) is 0 Å². The smallest absolute Gasteiger partial charge is 0.305 e. The molecule has 1 aliphatic heterocycles. The van der Waals surface area contributed by atoms with E-state index in [4.69, 9.17) is 74.7 Å². The lowest BCUT2D eigenvalue weighted by atomic mass is 9.84. The lowest BCUT2D eigenvalue weighted by Gasteiger charge is -2.34. The second kappa shape index (κ2) is 5.05. The van der Waals surface area contributed by atoms with Crippen molar-refractivity contribution in [2.45, 2.75) is 20.5 Å². The van der Waals surface area contributed by atoms with Crippen molar-refractivity contribution in [1.82, 2.24) is 4.90 Å². The third kappa shape index (κ3) is 1.76. The fourth-order valence-electron chi connectivity index (χ4n) is 3.48. The van der Waals surface area contributed by atoms with Crippen LogP contribution in [0.4, 0.5) is 0 Å². The molecule has 1 heterocycles. The van der Waals surface area contributed by atoms with Crippen LogP contribution in [-0.4, -0.2) is 48.4 Å². The molecule has 1 saturated heterocycles. The molecule has 1 N–H and O–H groups in total. The van der Waals surface area contributed by atoms with Crippen LogP contribution in [-0.2, 0) is 14.4 Å². The predicted octanol–water partition coefficient (Wildman–Crippen LogP) is 2.91. The van der Waals surface area contributed by atoms with E-state index in [9.17, 15) is 14.4 Å². The van der Waals surface area contributed by atoms with Gasteiger partial charge in [0.1, 0.15) is 9.75 Å². The number of fused-ring (bicyclic) bond motifs is 5. The van der Waals surface area contributed by atoms with Crippen LogP contribution >= 0.6 is 69.6 Å². The molecule has 0 radical (unpaired) electrons. The normalized spacial score (nSPS) is 41.0. The zero-order chi connectivity index (χ0) is 17.5. The summed E-state index contributed by atoms with van der Waals surface area (Å²) in [5.41, 5.74) is 0. The van der Waals surface area contributed by atoms with Gasteiger partial charge in [-0.1, -0.05) is 46.4 Å². The number of allylic oxidation sites excluding steroid dienone is 2. The Balaban J connectivity index is 2.11. The van der Waals surface area contributed by atoms with Gasteiger partial charge in [-0.2, -0.15) is 0 Å². The van der Waals surface area contributed by atoms with Gasteiger partial charge in [0.2, 0.25) is 11.8 Å². The lowest BCUT2D eigenvalue weighted by Crippen LogP contribution is -2.50. The largest absolute Gasteiger partial charge is 0.481 e. The van der Waals surface area contributed by atoms with Crippen LogP contribution < -0.4 is 0 Å². The highest BCUT2D eigenvalue weighted by Crippen LogP contribution is 2.77. The molecule has 5 nitrogen and oxygen atoms in total. The molecule has 2 fully saturated rings. The Bertz CT molecular complexity index is 647. The molecule has 23 heavy (non-hydrogen) atoms. The molecule has 0 spiro atoms. The van der Waals surface area contributed by atoms with E-state index >= 15 is 0 Å². The number of aliphatic carboxylic acids is 1. The van der Waals surface area contributed by atoms with Gasteiger partial charge in [-0.3, -0.25) is 19.3 Å². The van der Waals surface area contributed by atoms with Gasteiger partial charge in [0.15, 0.2) is 4.33 Å². The van der Waals surface area contributed by atoms with Crippen molar-refractivity contribution in [1.29, 1.82) is 0 Å². The highest BCUT2D eigenvalue weighted by Gasteiger charge is 2.87. The second-order valence-electron chi connectivity index (χ2n) is 5.55. The first-order chi connectivity index (χ1) is 10.4. The van der Waals surface area contributed by atoms with E-state index in [2.05, 4.69) is 0 Å². The summed E-state index contributed by atoms with van der Waals surface area (Å²) in [6.45, 7) is -0.313. The standard InChI is InChI=1S/C12H7Cl6NO4/c13-6-7(14)11(16)5-4(10(6,15)12(11,17)18)8(22)19(9(5)23)2-1-3(20)21/h4-5H,1-2H2,(H,20,21)/t4-,5+,10-,11-/m1/s1. The van der Waals surface area contributed by atoms with Gasteiger partial charge < -0.3 is 5.11 Å². The fraction of sp³-hybridized carbons (Fsp3) is 0.583. The van der Waals surface area contributed by atoms with Gasteiger partial charge in [-0.15, -0.1) is 23.2 Å². The Morgan fingerprint density at radius 1 is 1.00 bits per heavy atom. The van der Waals surface area contributed by atoms with E-state index in [-0.39, 0.29) is 16.6 Å². The number of imide groups is 1. The predicted molar refractivity (Wildman–Crippen MR) is 86.3 cm³/mol. The average Bonchev–Trinajstić information content (AvgIpc) is 2.82. The number of halogens is 6. The number of likely N-dealkylation sites (tertiary alicyclic amines) is 1. The molecule has 4 atom stereocenters. The molecule has 0 unspecified atom stereocenters. The summed E-state index contributed by atoms with van der Waals surface area (Å²) in [7, 11) is 0. The third-order valence-corrected chi connectivity index (χ3v) is 8.81. The Hall–Kier alpha value is 0.0900. The molecule has 2 bridgehead atoms. The lowest BCUT2D eigenvalue weighted by molar-refractivity contribution is -0.142. The Morgan fingerprint density at radius 2 is 1.39 bits per heavy atom. The minimum atomic E-state index is -1.98. The molecule has 0 aromatic rings. The first-order valence-corrected chi connectivity index (χ1v) is 8.59. The maximum absolute atomic E-state index is 12.6. The quantitative estimate of drug-likeness (QED) is 0.540. The zero-order valence-corrected chi connectivity index (χ0v) is 15.5. The summed E-state index contributed by atoms with van der Waals surface area (Å²) in [6, 6.07) is 0. The summed E-state index contributed by atoms with van der Waals surface area (Å²) >= 11 is 37.7. The van der Waals surface area contributed by atoms with Crippen LogP contribution in [0, 0.1) is 11.8 Å². The van der Waals surface area contributed by atoms with Gasteiger partial charge in [-0.25, -0.2) is 0 Å². The van der Waals surface area contributed by atoms with E-state index in [1.807, 2.05) is 0 Å².